The molecule has 0 fully saturated rings. The van der Waals surface area contributed by atoms with Crippen LogP contribution >= 0.6 is 22.6 Å². The lowest BCUT2D eigenvalue weighted by atomic mass is 9.81. The third-order valence-corrected chi connectivity index (χ3v) is 2.88. The maximum absolute atomic E-state index is 12.3. The Labute approximate surface area is 101 Å². The first-order valence-corrected chi connectivity index (χ1v) is 5.24. The second-order valence-corrected chi connectivity index (χ2v) is 4.38. The molecule has 0 aromatic heterocycles. The molecule has 90 valence electrons. The first-order chi connectivity index (χ1) is 7.09. The van der Waals surface area contributed by atoms with Gasteiger partial charge in [0.25, 0.3) is 0 Å². The molecule has 0 aliphatic heterocycles. The Morgan fingerprint density at radius 2 is 1.69 bits per heavy atom. The molecule has 1 aromatic carbocycles. The number of hydrogen-bond acceptors (Lipinski definition) is 0. The Morgan fingerprint density at radius 1 is 1.12 bits per heavy atom. The van der Waals surface area contributed by atoms with Crippen molar-refractivity contribution in [1.29, 1.82) is 0 Å². The molecule has 0 saturated heterocycles. The van der Waals surface area contributed by atoms with E-state index < -0.39 is 25.0 Å². The predicted octanol–water partition coefficient (Wildman–Crippen LogP) is 4.24. The van der Waals surface area contributed by atoms with Gasteiger partial charge in [-0.05, 0) is 40.8 Å². The van der Waals surface area contributed by atoms with E-state index in [2.05, 4.69) is 0 Å². The SMILES string of the molecule is F[B-](F)(F)Cc1cc(C(F)(F)F)ccc1I. The van der Waals surface area contributed by atoms with Crippen LogP contribution in [0.15, 0.2) is 18.2 Å². The van der Waals surface area contributed by atoms with Crippen LogP contribution in [-0.4, -0.2) is 6.98 Å². The molecule has 0 unspecified atom stereocenters. The van der Waals surface area contributed by atoms with Crippen molar-refractivity contribution in [2.75, 3.05) is 0 Å². The van der Waals surface area contributed by atoms with Crippen LogP contribution in [0.3, 0.4) is 0 Å². The summed E-state index contributed by atoms with van der Waals surface area (Å²) in [7, 11) is 0. The molecule has 0 saturated carbocycles. The van der Waals surface area contributed by atoms with Gasteiger partial charge in [0, 0.05) is 3.57 Å². The van der Waals surface area contributed by atoms with Gasteiger partial charge in [-0.1, -0.05) is 11.9 Å². The fraction of sp³-hybridized carbons (Fsp3) is 0.250. The van der Waals surface area contributed by atoms with Crippen LogP contribution in [-0.2, 0) is 12.5 Å². The Balaban J connectivity index is 3.10. The molecule has 0 aliphatic carbocycles. The summed E-state index contributed by atoms with van der Waals surface area (Å²) in [5, 5.41) is 0. The second-order valence-electron chi connectivity index (χ2n) is 3.22. The molecule has 0 atom stereocenters. The Kier molecular flexibility index (Phi) is 3.81. The van der Waals surface area contributed by atoms with Crippen LogP contribution < -0.4 is 0 Å². The summed E-state index contributed by atoms with van der Waals surface area (Å²) >= 11 is 1.59. The van der Waals surface area contributed by atoms with Gasteiger partial charge >= 0.3 is 13.2 Å². The standard InChI is InChI=1S/C8H5BF6I/c10-8(11,12)6-1-2-7(16)5(3-6)4-9(13,14)15/h1-3H,4H2/q-1. The first-order valence-electron chi connectivity index (χ1n) is 4.16. The molecule has 0 amide bonds. The minimum atomic E-state index is -5.13. The number of alkyl halides is 3. The molecular formula is C8H5BF6I-. The third-order valence-electron chi connectivity index (χ3n) is 1.82. The van der Waals surface area contributed by atoms with Gasteiger partial charge in [0.2, 0.25) is 0 Å². The lowest BCUT2D eigenvalue weighted by Gasteiger charge is -2.16. The van der Waals surface area contributed by atoms with E-state index in [9.17, 15) is 26.1 Å². The highest BCUT2D eigenvalue weighted by Gasteiger charge is 2.32. The number of hydrogen-bond donors (Lipinski definition) is 0. The second kappa shape index (κ2) is 4.46. The molecule has 0 radical (unpaired) electrons. The molecule has 8 heteroatoms. The topological polar surface area (TPSA) is 0 Å². The number of benzene rings is 1. The molecule has 0 nitrogen and oxygen atoms in total. The predicted molar refractivity (Wildman–Crippen MR) is 56.9 cm³/mol. The summed E-state index contributed by atoms with van der Waals surface area (Å²) in [5.74, 6) is 0. The zero-order valence-electron chi connectivity index (χ0n) is 7.66. The van der Waals surface area contributed by atoms with Gasteiger partial charge in [0.15, 0.2) is 0 Å². The highest BCUT2D eigenvalue weighted by atomic mass is 127. The lowest BCUT2D eigenvalue weighted by molar-refractivity contribution is -0.137. The smallest absolute Gasteiger partial charge is 0.449 e. The van der Waals surface area contributed by atoms with Crippen LogP contribution in [0.1, 0.15) is 11.1 Å². The molecule has 0 N–H and O–H groups in total. The fourth-order valence-corrected chi connectivity index (χ4v) is 1.71. The molecule has 1 aromatic rings. The summed E-state index contributed by atoms with van der Waals surface area (Å²) < 4.78 is 73.3. The Bertz CT molecular complexity index is 383. The zero-order valence-corrected chi connectivity index (χ0v) is 9.82. The largest absolute Gasteiger partial charge is 0.482 e. The van der Waals surface area contributed by atoms with Crippen LogP contribution in [0.2, 0.25) is 0 Å². The van der Waals surface area contributed by atoms with Gasteiger partial charge in [-0.15, -0.1) is 0 Å². The van der Waals surface area contributed by atoms with E-state index in [1.54, 1.807) is 22.6 Å². The fourth-order valence-electron chi connectivity index (χ4n) is 1.16. The first kappa shape index (κ1) is 13.7. The van der Waals surface area contributed by atoms with Crippen molar-refractivity contribution in [3.05, 3.63) is 32.9 Å². The van der Waals surface area contributed by atoms with Crippen molar-refractivity contribution >= 4 is 29.6 Å². The summed E-state index contributed by atoms with van der Waals surface area (Å²) in [6.07, 6.45) is -5.90. The average molecular weight is 353 g/mol. The Hall–Kier alpha value is -0.405. The van der Waals surface area contributed by atoms with E-state index in [4.69, 9.17) is 0 Å². The third kappa shape index (κ3) is 3.87. The van der Waals surface area contributed by atoms with Gasteiger partial charge in [-0.3, -0.25) is 0 Å². The van der Waals surface area contributed by atoms with Crippen LogP contribution in [0.4, 0.5) is 26.1 Å². The monoisotopic (exact) mass is 353 g/mol. The summed E-state index contributed by atoms with van der Waals surface area (Å²) in [6, 6.07) is 2.37. The van der Waals surface area contributed by atoms with E-state index in [1.165, 1.54) is 0 Å². The molecule has 0 spiro atoms. The molecule has 0 bridgehead atoms. The molecular weight excluding hydrogens is 348 g/mol. The van der Waals surface area contributed by atoms with Crippen molar-refractivity contribution in [3.8, 4) is 0 Å². The van der Waals surface area contributed by atoms with Gasteiger partial charge in [-0.25, -0.2) is 0 Å². The van der Waals surface area contributed by atoms with Crippen molar-refractivity contribution in [2.24, 2.45) is 0 Å². The van der Waals surface area contributed by atoms with E-state index in [0.717, 1.165) is 12.1 Å². The highest BCUT2D eigenvalue weighted by Crippen LogP contribution is 2.32. The molecule has 0 heterocycles. The van der Waals surface area contributed by atoms with E-state index in [1.807, 2.05) is 0 Å². The zero-order chi connectivity index (χ0) is 12.6. The van der Waals surface area contributed by atoms with E-state index in [0.29, 0.717) is 6.07 Å². The average Bonchev–Trinajstić information content (AvgIpc) is 2.04. The summed E-state index contributed by atoms with van der Waals surface area (Å²) in [5.41, 5.74) is -1.38. The van der Waals surface area contributed by atoms with Crippen LogP contribution in [0, 0.1) is 3.57 Å². The quantitative estimate of drug-likeness (QED) is 0.424. The van der Waals surface area contributed by atoms with Crippen molar-refractivity contribution < 1.29 is 26.1 Å². The molecule has 0 aliphatic rings. The summed E-state index contributed by atoms with van der Waals surface area (Å²) in [6.45, 7) is -5.13. The minimum Gasteiger partial charge on any atom is -0.449 e. The molecule has 16 heavy (non-hydrogen) atoms. The van der Waals surface area contributed by atoms with Crippen molar-refractivity contribution in [2.45, 2.75) is 12.5 Å². The maximum Gasteiger partial charge on any atom is 0.482 e. The Morgan fingerprint density at radius 3 is 2.12 bits per heavy atom. The van der Waals surface area contributed by atoms with Crippen LogP contribution in [0.25, 0.3) is 0 Å². The molecule has 1 rings (SSSR count). The van der Waals surface area contributed by atoms with Crippen molar-refractivity contribution in [1.82, 2.24) is 0 Å². The summed E-state index contributed by atoms with van der Waals surface area (Å²) in [4.78, 5) is 0. The van der Waals surface area contributed by atoms with Gasteiger partial charge in [0.1, 0.15) is 0 Å². The van der Waals surface area contributed by atoms with Gasteiger partial charge < -0.3 is 12.9 Å². The minimum absolute atomic E-state index is 0.185. The lowest BCUT2D eigenvalue weighted by Crippen LogP contribution is -2.20. The van der Waals surface area contributed by atoms with E-state index in [-0.39, 0.29) is 9.13 Å². The van der Waals surface area contributed by atoms with Crippen LogP contribution in [0.5, 0.6) is 0 Å². The van der Waals surface area contributed by atoms with Gasteiger partial charge in [-0.2, -0.15) is 13.2 Å². The number of halogens is 7. The maximum atomic E-state index is 12.3. The van der Waals surface area contributed by atoms with E-state index >= 15 is 0 Å². The number of rotatable bonds is 2. The highest BCUT2D eigenvalue weighted by molar-refractivity contribution is 14.1. The van der Waals surface area contributed by atoms with Gasteiger partial charge in [0.05, 0.1) is 5.56 Å². The normalized spacial score (nSPS) is 12.9. The van der Waals surface area contributed by atoms with Crippen molar-refractivity contribution in [3.63, 3.8) is 0 Å².